The van der Waals surface area contributed by atoms with Crippen LogP contribution >= 0.6 is 11.6 Å². The molecule has 0 radical (unpaired) electrons. The Labute approximate surface area is 120 Å². The molecule has 2 aromatic rings. The third-order valence-corrected chi connectivity index (χ3v) is 3.43. The Morgan fingerprint density at radius 1 is 1.05 bits per heavy atom. The third kappa shape index (κ3) is 3.59. The van der Waals surface area contributed by atoms with E-state index in [0.29, 0.717) is 12.5 Å². The average Bonchev–Trinajstić information content (AvgIpc) is 2.39. The van der Waals surface area contributed by atoms with E-state index in [1.165, 1.54) is 16.7 Å². The van der Waals surface area contributed by atoms with Gasteiger partial charge < -0.3 is 5.73 Å². The maximum Gasteiger partial charge on any atom is 0.0409 e. The molecular formula is C17H20ClN. The van der Waals surface area contributed by atoms with Gasteiger partial charge in [-0.05, 0) is 46.7 Å². The van der Waals surface area contributed by atoms with Crippen LogP contribution in [0.15, 0.2) is 42.5 Å². The lowest BCUT2D eigenvalue weighted by Crippen LogP contribution is -1.99. The molecule has 0 fully saturated rings. The van der Waals surface area contributed by atoms with Gasteiger partial charge in [0, 0.05) is 11.6 Å². The molecule has 0 heterocycles. The lowest BCUT2D eigenvalue weighted by Gasteiger charge is -2.10. The van der Waals surface area contributed by atoms with E-state index in [9.17, 15) is 0 Å². The minimum atomic E-state index is 0.504. The average molecular weight is 274 g/mol. The molecule has 0 unspecified atom stereocenters. The van der Waals surface area contributed by atoms with Crippen molar-refractivity contribution in [1.82, 2.24) is 0 Å². The van der Waals surface area contributed by atoms with Crippen LogP contribution in [-0.4, -0.2) is 0 Å². The number of halogens is 1. The van der Waals surface area contributed by atoms with Gasteiger partial charge in [-0.1, -0.05) is 55.8 Å². The quantitative estimate of drug-likeness (QED) is 0.861. The molecule has 2 N–H and O–H groups in total. The van der Waals surface area contributed by atoms with Crippen molar-refractivity contribution in [2.75, 3.05) is 0 Å². The summed E-state index contributed by atoms with van der Waals surface area (Å²) in [6.45, 7) is 4.98. The first kappa shape index (κ1) is 14.1. The molecule has 0 aliphatic carbocycles. The Morgan fingerprint density at radius 3 is 2.32 bits per heavy atom. The van der Waals surface area contributed by atoms with Gasteiger partial charge in [-0.15, -0.1) is 0 Å². The second-order valence-electron chi connectivity index (χ2n) is 5.30. The van der Waals surface area contributed by atoms with Crippen LogP contribution in [-0.2, 0) is 13.0 Å². The van der Waals surface area contributed by atoms with E-state index >= 15 is 0 Å². The highest BCUT2D eigenvalue weighted by Crippen LogP contribution is 2.27. The fourth-order valence-electron chi connectivity index (χ4n) is 2.30. The summed E-state index contributed by atoms with van der Waals surface area (Å²) in [5.74, 6) is 0.681. The van der Waals surface area contributed by atoms with Gasteiger partial charge in [-0.25, -0.2) is 0 Å². The Morgan fingerprint density at radius 2 is 1.74 bits per heavy atom. The van der Waals surface area contributed by atoms with Crippen molar-refractivity contribution in [3.63, 3.8) is 0 Å². The summed E-state index contributed by atoms with van der Waals surface area (Å²) in [6.07, 6.45) is 1.12. The molecule has 2 heteroatoms. The highest BCUT2D eigenvalue weighted by Gasteiger charge is 2.05. The second kappa shape index (κ2) is 6.23. The summed E-state index contributed by atoms with van der Waals surface area (Å²) in [6, 6.07) is 14.6. The first-order valence-electron chi connectivity index (χ1n) is 6.68. The largest absolute Gasteiger partial charge is 0.326 e. The lowest BCUT2D eigenvalue weighted by molar-refractivity contribution is 0.647. The fourth-order valence-corrected chi connectivity index (χ4v) is 2.50. The van der Waals surface area contributed by atoms with E-state index in [1.807, 2.05) is 18.2 Å². The minimum Gasteiger partial charge on any atom is -0.326 e. The maximum absolute atomic E-state index is 6.01. The molecule has 0 aromatic heterocycles. The predicted octanol–water partition coefficient (Wildman–Crippen LogP) is 4.66. The van der Waals surface area contributed by atoms with Crippen molar-refractivity contribution < 1.29 is 0 Å². The number of hydrogen-bond donors (Lipinski definition) is 1. The molecule has 1 nitrogen and oxygen atoms in total. The van der Waals surface area contributed by atoms with E-state index in [0.717, 1.165) is 17.0 Å². The maximum atomic E-state index is 6.01. The SMILES string of the molecule is CC(C)Cc1ccc(-c2ccc(Cl)cc2CN)cc1. The number of benzene rings is 2. The zero-order valence-corrected chi connectivity index (χ0v) is 12.2. The molecule has 0 amide bonds. The van der Waals surface area contributed by atoms with Crippen LogP contribution in [0.3, 0.4) is 0 Å². The lowest BCUT2D eigenvalue weighted by atomic mass is 9.96. The summed E-state index contributed by atoms with van der Waals surface area (Å²) in [7, 11) is 0. The van der Waals surface area contributed by atoms with E-state index < -0.39 is 0 Å². The second-order valence-corrected chi connectivity index (χ2v) is 5.74. The first-order chi connectivity index (χ1) is 9.10. The molecule has 0 atom stereocenters. The van der Waals surface area contributed by atoms with Crippen molar-refractivity contribution >= 4 is 11.6 Å². The topological polar surface area (TPSA) is 26.0 Å². The van der Waals surface area contributed by atoms with Crippen LogP contribution in [0, 0.1) is 5.92 Å². The van der Waals surface area contributed by atoms with Gasteiger partial charge in [0.2, 0.25) is 0 Å². The summed E-state index contributed by atoms with van der Waals surface area (Å²) in [5, 5.41) is 0.737. The van der Waals surface area contributed by atoms with Crippen LogP contribution in [0.5, 0.6) is 0 Å². The van der Waals surface area contributed by atoms with Gasteiger partial charge in [-0.2, -0.15) is 0 Å². The molecule has 0 saturated carbocycles. The van der Waals surface area contributed by atoms with Gasteiger partial charge >= 0.3 is 0 Å². The van der Waals surface area contributed by atoms with Crippen molar-refractivity contribution in [2.45, 2.75) is 26.8 Å². The molecule has 0 bridgehead atoms. The molecule has 100 valence electrons. The van der Waals surface area contributed by atoms with Gasteiger partial charge in [0.1, 0.15) is 0 Å². The molecule has 0 saturated heterocycles. The molecule has 0 aliphatic heterocycles. The van der Waals surface area contributed by atoms with Crippen molar-refractivity contribution in [3.8, 4) is 11.1 Å². The third-order valence-electron chi connectivity index (χ3n) is 3.20. The van der Waals surface area contributed by atoms with Crippen LogP contribution in [0.4, 0.5) is 0 Å². The summed E-state index contributed by atoms with van der Waals surface area (Å²) in [5.41, 5.74) is 10.6. The standard InChI is InChI=1S/C17H20ClN/c1-12(2)9-13-3-5-14(6-4-13)17-8-7-16(18)10-15(17)11-19/h3-8,10,12H,9,11,19H2,1-2H3. The molecular weight excluding hydrogens is 254 g/mol. The van der Waals surface area contributed by atoms with Gasteiger partial charge in [0.25, 0.3) is 0 Å². The minimum absolute atomic E-state index is 0.504. The zero-order valence-electron chi connectivity index (χ0n) is 11.5. The molecule has 0 aliphatic rings. The van der Waals surface area contributed by atoms with Crippen molar-refractivity contribution in [2.24, 2.45) is 11.7 Å². The van der Waals surface area contributed by atoms with Crippen LogP contribution in [0.25, 0.3) is 11.1 Å². The Balaban J connectivity index is 2.32. The van der Waals surface area contributed by atoms with E-state index in [1.54, 1.807) is 0 Å². The molecule has 19 heavy (non-hydrogen) atoms. The van der Waals surface area contributed by atoms with E-state index in [-0.39, 0.29) is 0 Å². The first-order valence-corrected chi connectivity index (χ1v) is 7.05. The summed E-state index contributed by atoms with van der Waals surface area (Å²) in [4.78, 5) is 0. The fraction of sp³-hybridized carbons (Fsp3) is 0.294. The van der Waals surface area contributed by atoms with E-state index in [4.69, 9.17) is 17.3 Å². The van der Waals surface area contributed by atoms with Crippen molar-refractivity contribution in [1.29, 1.82) is 0 Å². The van der Waals surface area contributed by atoms with E-state index in [2.05, 4.69) is 38.1 Å². The Bertz CT molecular complexity index is 544. The Hall–Kier alpha value is -1.31. The van der Waals surface area contributed by atoms with Gasteiger partial charge in [-0.3, -0.25) is 0 Å². The smallest absolute Gasteiger partial charge is 0.0409 e. The Kier molecular flexibility index (Phi) is 4.62. The molecule has 0 spiro atoms. The monoisotopic (exact) mass is 273 g/mol. The normalized spacial score (nSPS) is 11.0. The van der Waals surface area contributed by atoms with Gasteiger partial charge in [0.15, 0.2) is 0 Å². The zero-order chi connectivity index (χ0) is 13.8. The highest BCUT2D eigenvalue weighted by atomic mass is 35.5. The predicted molar refractivity (Wildman–Crippen MR) is 83.3 cm³/mol. The van der Waals surface area contributed by atoms with Crippen LogP contribution in [0.1, 0.15) is 25.0 Å². The molecule has 2 rings (SSSR count). The van der Waals surface area contributed by atoms with Crippen molar-refractivity contribution in [3.05, 3.63) is 58.6 Å². The number of nitrogens with two attached hydrogens (primary N) is 1. The van der Waals surface area contributed by atoms with Crippen LogP contribution < -0.4 is 5.73 Å². The van der Waals surface area contributed by atoms with Crippen LogP contribution in [0.2, 0.25) is 5.02 Å². The molecule has 2 aromatic carbocycles. The highest BCUT2D eigenvalue weighted by molar-refractivity contribution is 6.30. The number of hydrogen-bond acceptors (Lipinski definition) is 1. The summed E-state index contributed by atoms with van der Waals surface area (Å²) >= 11 is 6.01. The van der Waals surface area contributed by atoms with Gasteiger partial charge in [0.05, 0.1) is 0 Å². The number of rotatable bonds is 4. The summed E-state index contributed by atoms with van der Waals surface area (Å²) < 4.78 is 0.